The summed E-state index contributed by atoms with van der Waals surface area (Å²) >= 11 is 0. The number of nitrogens with two attached hydrogens (primary N) is 1. The fourth-order valence-electron chi connectivity index (χ4n) is 2.57. The van der Waals surface area contributed by atoms with Gasteiger partial charge >= 0.3 is 0 Å². The highest BCUT2D eigenvalue weighted by Crippen LogP contribution is 2.27. The molecule has 0 spiro atoms. The van der Waals surface area contributed by atoms with Gasteiger partial charge in [0.25, 0.3) is 0 Å². The molecule has 1 atom stereocenters. The lowest BCUT2D eigenvalue weighted by molar-refractivity contribution is 0.0622. The van der Waals surface area contributed by atoms with E-state index >= 15 is 0 Å². The number of hydrogen-bond donors (Lipinski definition) is 3. The van der Waals surface area contributed by atoms with E-state index in [0.717, 1.165) is 26.1 Å². The van der Waals surface area contributed by atoms with E-state index in [1.165, 1.54) is 13.1 Å². The van der Waals surface area contributed by atoms with Crippen LogP contribution in [0.15, 0.2) is 23.1 Å². The molecule has 1 saturated heterocycles. The Morgan fingerprint density at radius 2 is 2.00 bits per heavy atom. The van der Waals surface area contributed by atoms with Crippen LogP contribution in [0, 0.1) is 5.92 Å². The molecule has 1 fully saturated rings. The summed E-state index contributed by atoms with van der Waals surface area (Å²) in [5.74, 6) is 0.474. The Bertz CT molecular complexity index is 583. The Balaban J connectivity index is 2.23. The van der Waals surface area contributed by atoms with Crippen LogP contribution in [0.3, 0.4) is 0 Å². The number of anilines is 2. The third kappa shape index (κ3) is 3.87. The summed E-state index contributed by atoms with van der Waals surface area (Å²) in [7, 11) is -2.15. The largest absolute Gasteiger partial charge is 0.399 e. The molecule has 0 aliphatic carbocycles. The zero-order valence-corrected chi connectivity index (χ0v) is 13.2. The standard InChI is InChI=1S/C14H23N3O3S/c1-10(11-5-7-20-8-6-11)17-13-4-3-12(15)9-14(13)21(18,19)16-2/h3-4,9-11,16-17H,5-8,15H2,1-2H3. The monoisotopic (exact) mass is 313 g/mol. The van der Waals surface area contributed by atoms with E-state index in [2.05, 4.69) is 17.0 Å². The van der Waals surface area contributed by atoms with Gasteiger partial charge in [0.05, 0.1) is 5.69 Å². The summed E-state index contributed by atoms with van der Waals surface area (Å²) in [6, 6.07) is 5.07. The maximum absolute atomic E-state index is 12.1. The first-order chi connectivity index (χ1) is 9.94. The predicted octanol–water partition coefficient (Wildman–Crippen LogP) is 1.40. The van der Waals surface area contributed by atoms with Crippen LogP contribution >= 0.6 is 0 Å². The normalized spacial score (nSPS) is 18.4. The van der Waals surface area contributed by atoms with Gasteiger partial charge in [-0.3, -0.25) is 0 Å². The SMILES string of the molecule is CNS(=O)(=O)c1cc(N)ccc1NC(C)C1CCOCC1. The summed E-state index contributed by atoms with van der Waals surface area (Å²) in [5, 5.41) is 3.32. The lowest BCUT2D eigenvalue weighted by Crippen LogP contribution is -2.32. The summed E-state index contributed by atoms with van der Waals surface area (Å²) in [5.41, 5.74) is 6.72. The van der Waals surface area contributed by atoms with Crippen LogP contribution in [0.5, 0.6) is 0 Å². The molecule has 21 heavy (non-hydrogen) atoms. The third-order valence-corrected chi connectivity index (χ3v) is 5.37. The van der Waals surface area contributed by atoms with Crippen molar-refractivity contribution in [2.24, 2.45) is 5.92 Å². The first kappa shape index (κ1) is 16.1. The first-order valence-electron chi connectivity index (χ1n) is 7.11. The lowest BCUT2D eigenvalue weighted by atomic mass is 9.93. The smallest absolute Gasteiger partial charge is 0.242 e. The summed E-state index contributed by atoms with van der Waals surface area (Å²) in [4.78, 5) is 0.184. The fourth-order valence-corrected chi connectivity index (χ4v) is 3.50. The average molecular weight is 313 g/mol. The minimum atomic E-state index is -3.54. The molecule has 0 amide bonds. The number of rotatable bonds is 5. The molecule has 118 valence electrons. The van der Waals surface area contributed by atoms with Crippen LogP contribution < -0.4 is 15.8 Å². The van der Waals surface area contributed by atoms with E-state index in [1.54, 1.807) is 12.1 Å². The number of hydrogen-bond acceptors (Lipinski definition) is 5. The maximum atomic E-state index is 12.1. The molecule has 1 aliphatic heterocycles. The highest BCUT2D eigenvalue weighted by molar-refractivity contribution is 7.89. The van der Waals surface area contributed by atoms with Gasteiger partial charge in [-0.25, -0.2) is 13.1 Å². The highest BCUT2D eigenvalue weighted by Gasteiger charge is 2.23. The van der Waals surface area contributed by atoms with Crippen molar-refractivity contribution in [3.8, 4) is 0 Å². The Kier molecular flexibility index (Phi) is 5.08. The molecule has 0 aromatic heterocycles. The van der Waals surface area contributed by atoms with Gasteiger partial charge in [-0.05, 0) is 50.9 Å². The van der Waals surface area contributed by atoms with Crippen molar-refractivity contribution in [2.45, 2.75) is 30.7 Å². The van der Waals surface area contributed by atoms with Gasteiger partial charge in [0.1, 0.15) is 4.90 Å². The Hall–Kier alpha value is -1.31. The van der Waals surface area contributed by atoms with Crippen LogP contribution in [-0.4, -0.2) is 34.7 Å². The lowest BCUT2D eigenvalue weighted by Gasteiger charge is -2.29. The van der Waals surface area contributed by atoms with E-state index in [0.29, 0.717) is 17.3 Å². The van der Waals surface area contributed by atoms with Crippen LogP contribution in [0.2, 0.25) is 0 Å². The number of nitrogens with one attached hydrogen (secondary N) is 2. The van der Waals surface area contributed by atoms with Crippen LogP contribution in [0.4, 0.5) is 11.4 Å². The summed E-state index contributed by atoms with van der Waals surface area (Å²) in [6.07, 6.45) is 1.97. The molecular formula is C14H23N3O3S. The van der Waals surface area contributed by atoms with Gasteiger partial charge < -0.3 is 15.8 Å². The van der Waals surface area contributed by atoms with Gasteiger partial charge in [0.2, 0.25) is 10.0 Å². The van der Waals surface area contributed by atoms with E-state index in [9.17, 15) is 8.42 Å². The second-order valence-corrected chi connectivity index (χ2v) is 7.20. The molecule has 0 radical (unpaired) electrons. The van der Waals surface area contributed by atoms with Crippen molar-refractivity contribution in [3.63, 3.8) is 0 Å². The minimum absolute atomic E-state index is 0.170. The molecule has 0 saturated carbocycles. The Morgan fingerprint density at radius 1 is 1.33 bits per heavy atom. The van der Waals surface area contributed by atoms with Crippen LogP contribution in [0.1, 0.15) is 19.8 Å². The molecule has 4 N–H and O–H groups in total. The molecule has 1 aromatic carbocycles. The van der Waals surface area contributed by atoms with Gasteiger partial charge in [-0.15, -0.1) is 0 Å². The van der Waals surface area contributed by atoms with Crippen molar-refractivity contribution in [1.29, 1.82) is 0 Å². The molecule has 1 heterocycles. The van der Waals surface area contributed by atoms with Crippen molar-refractivity contribution >= 4 is 21.4 Å². The molecular weight excluding hydrogens is 290 g/mol. The van der Waals surface area contributed by atoms with Crippen molar-refractivity contribution in [3.05, 3.63) is 18.2 Å². The maximum Gasteiger partial charge on any atom is 0.242 e. The second-order valence-electron chi connectivity index (χ2n) is 5.35. The third-order valence-electron chi connectivity index (χ3n) is 3.92. The highest BCUT2D eigenvalue weighted by atomic mass is 32.2. The zero-order valence-electron chi connectivity index (χ0n) is 12.4. The van der Waals surface area contributed by atoms with E-state index in [1.807, 2.05) is 0 Å². The Labute approximate surface area is 126 Å². The van der Waals surface area contributed by atoms with Crippen molar-refractivity contribution in [1.82, 2.24) is 4.72 Å². The first-order valence-corrected chi connectivity index (χ1v) is 8.59. The molecule has 1 unspecified atom stereocenters. The molecule has 1 aliphatic rings. The van der Waals surface area contributed by atoms with E-state index in [4.69, 9.17) is 10.5 Å². The molecule has 7 heteroatoms. The molecule has 0 bridgehead atoms. The van der Waals surface area contributed by atoms with Gasteiger partial charge in [0, 0.05) is 24.9 Å². The minimum Gasteiger partial charge on any atom is -0.399 e. The zero-order chi connectivity index (χ0) is 15.5. The quantitative estimate of drug-likeness (QED) is 0.715. The second kappa shape index (κ2) is 6.64. The Morgan fingerprint density at radius 3 is 2.62 bits per heavy atom. The van der Waals surface area contributed by atoms with Crippen molar-refractivity contribution in [2.75, 3.05) is 31.3 Å². The fraction of sp³-hybridized carbons (Fsp3) is 0.571. The van der Waals surface area contributed by atoms with Crippen LogP contribution in [0.25, 0.3) is 0 Å². The number of nitrogen functional groups attached to an aromatic ring is 1. The summed E-state index contributed by atoms with van der Waals surface area (Å²) in [6.45, 7) is 3.60. The number of ether oxygens (including phenoxy) is 1. The number of benzene rings is 1. The average Bonchev–Trinajstić information content (AvgIpc) is 2.49. The molecule has 2 rings (SSSR count). The van der Waals surface area contributed by atoms with Gasteiger partial charge in [0.15, 0.2) is 0 Å². The molecule has 6 nitrogen and oxygen atoms in total. The van der Waals surface area contributed by atoms with E-state index < -0.39 is 10.0 Å². The summed E-state index contributed by atoms with van der Waals surface area (Å²) < 4.78 is 31.9. The van der Waals surface area contributed by atoms with Gasteiger partial charge in [-0.1, -0.05) is 0 Å². The topological polar surface area (TPSA) is 93.5 Å². The van der Waals surface area contributed by atoms with E-state index in [-0.39, 0.29) is 10.9 Å². The van der Waals surface area contributed by atoms with Gasteiger partial charge in [-0.2, -0.15) is 0 Å². The van der Waals surface area contributed by atoms with Crippen LogP contribution in [-0.2, 0) is 14.8 Å². The predicted molar refractivity (Wildman–Crippen MR) is 83.7 cm³/mol. The molecule has 1 aromatic rings. The number of sulfonamides is 1. The van der Waals surface area contributed by atoms with Crippen molar-refractivity contribution < 1.29 is 13.2 Å².